The summed E-state index contributed by atoms with van der Waals surface area (Å²) < 4.78 is 29.5. The fraction of sp³-hybridized carbons (Fsp3) is 0.326. The summed E-state index contributed by atoms with van der Waals surface area (Å²) in [5.74, 6) is 1.67. The second kappa shape index (κ2) is 19.5. The maximum absolute atomic E-state index is 13.7. The lowest BCUT2D eigenvalue weighted by atomic mass is 9.84. The molecular formula is C43H48N2O10. The first kappa shape index (κ1) is 39.6. The van der Waals surface area contributed by atoms with Crippen molar-refractivity contribution in [3.05, 3.63) is 137 Å². The van der Waals surface area contributed by atoms with Gasteiger partial charge in [-0.05, 0) is 58.0 Å². The van der Waals surface area contributed by atoms with Crippen LogP contribution in [0.2, 0.25) is 0 Å². The third kappa shape index (κ3) is 10.8. The summed E-state index contributed by atoms with van der Waals surface area (Å²) >= 11 is 0. The SMILES string of the molecule is COc1ccccc1COCCCOc1ccc(C2C(O)CN(C(=O)Cc3cccc(CON(O)O)c3)CC2OCc2cc(OC)c3ccccc3c2)cc1. The number of methoxy groups -OCH3 is 2. The van der Waals surface area contributed by atoms with Crippen molar-refractivity contribution in [3.8, 4) is 17.2 Å². The minimum Gasteiger partial charge on any atom is -0.496 e. The van der Waals surface area contributed by atoms with E-state index in [1.165, 1.54) is 0 Å². The van der Waals surface area contributed by atoms with Gasteiger partial charge in [0.25, 0.3) is 0 Å². The Balaban J connectivity index is 1.11. The molecule has 6 rings (SSSR count). The minimum absolute atomic E-state index is 0.0826. The van der Waals surface area contributed by atoms with E-state index in [0.717, 1.165) is 44.5 Å². The van der Waals surface area contributed by atoms with Crippen LogP contribution in [0.3, 0.4) is 0 Å². The number of rotatable bonds is 18. The van der Waals surface area contributed by atoms with E-state index in [-0.39, 0.29) is 44.0 Å². The number of para-hydroxylation sites is 1. The van der Waals surface area contributed by atoms with Gasteiger partial charge in [0.15, 0.2) is 0 Å². The van der Waals surface area contributed by atoms with Crippen LogP contribution in [0.1, 0.15) is 40.2 Å². The van der Waals surface area contributed by atoms with E-state index in [2.05, 4.69) is 6.07 Å². The molecule has 0 aliphatic carbocycles. The highest BCUT2D eigenvalue weighted by molar-refractivity contribution is 5.89. The Labute approximate surface area is 320 Å². The molecule has 5 aromatic rings. The van der Waals surface area contributed by atoms with Crippen molar-refractivity contribution in [3.63, 3.8) is 0 Å². The Kier molecular flexibility index (Phi) is 14.1. The van der Waals surface area contributed by atoms with Gasteiger partial charge in [0, 0.05) is 36.4 Å². The summed E-state index contributed by atoms with van der Waals surface area (Å²) in [6, 6.07) is 34.6. The molecule has 1 saturated heterocycles. The molecule has 1 amide bonds. The molecule has 290 valence electrons. The molecule has 1 fully saturated rings. The number of amides is 1. The van der Waals surface area contributed by atoms with Gasteiger partial charge in [0.05, 0.1) is 71.3 Å². The van der Waals surface area contributed by atoms with Gasteiger partial charge in [0.2, 0.25) is 5.91 Å². The lowest BCUT2D eigenvalue weighted by Gasteiger charge is -2.42. The van der Waals surface area contributed by atoms with Gasteiger partial charge in [-0.2, -0.15) is 0 Å². The average Bonchev–Trinajstić information content (AvgIpc) is 3.20. The molecular weight excluding hydrogens is 704 g/mol. The summed E-state index contributed by atoms with van der Waals surface area (Å²) in [5.41, 5.74) is 4.17. The molecule has 0 spiro atoms. The van der Waals surface area contributed by atoms with Crippen molar-refractivity contribution in [1.29, 1.82) is 0 Å². The average molecular weight is 753 g/mol. The number of fused-ring (bicyclic) bond motifs is 1. The number of aliphatic hydroxyl groups is 1. The van der Waals surface area contributed by atoms with E-state index in [9.17, 15) is 9.90 Å². The molecule has 3 N–H and O–H groups in total. The normalized spacial score (nSPS) is 17.1. The topological polar surface area (TPSA) is 140 Å². The second-order valence-corrected chi connectivity index (χ2v) is 13.4. The number of β-amino-alcohol motifs (C(OH)–C–C–N with tert-alkyl or cyclic N) is 1. The first-order valence-electron chi connectivity index (χ1n) is 18.3. The molecule has 55 heavy (non-hydrogen) atoms. The van der Waals surface area contributed by atoms with Crippen LogP contribution in [0, 0.1) is 0 Å². The third-order valence-electron chi connectivity index (χ3n) is 9.65. The van der Waals surface area contributed by atoms with E-state index in [1.54, 1.807) is 37.3 Å². The van der Waals surface area contributed by atoms with Crippen molar-refractivity contribution < 1.29 is 48.8 Å². The van der Waals surface area contributed by atoms with Crippen LogP contribution in [0.15, 0.2) is 109 Å². The Morgan fingerprint density at radius 1 is 0.764 bits per heavy atom. The van der Waals surface area contributed by atoms with Crippen LogP contribution in [0.4, 0.5) is 0 Å². The van der Waals surface area contributed by atoms with Crippen molar-refractivity contribution in [2.45, 2.75) is 50.8 Å². The maximum atomic E-state index is 13.7. The lowest BCUT2D eigenvalue weighted by molar-refractivity contribution is -0.497. The zero-order valence-corrected chi connectivity index (χ0v) is 31.1. The Bertz CT molecular complexity index is 1990. The van der Waals surface area contributed by atoms with Crippen molar-refractivity contribution in [2.75, 3.05) is 40.5 Å². The molecule has 3 unspecified atom stereocenters. The predicted octanol–water partition coefficient (Wildman–Crippen LogP) is 6.47. The van der Waals surface area contributed by atoms with Crippen LogP contribution >= 0.6 is 0 Å². The second-order valence-electron chi connectivity index (χ2n) is 13.4. The molecule has 3 atom stereocenters. The van der Waals surface area contributed by atoms with Crippen molar-refractivity contribution in [2.24, 2.45) is 0 Å². The van der Waals surface area contributed by atoms with E-state index < -0.39 is 18.1 Å². The van der Waals surface area contributed by atoms with E-state index in [1.807, 2.05) is 84.9 Å². The molecule has 0 radical (unpaired) electrons. The van der Waals surface area contributed by atoms with Crippen molar-refractivity contribution in [1.82, 2.24) is 10.3 Å². The number of aliphatic hydroxyl groups excluding tert-OH is 1. The molecule has 12 nitrogen and oxygen atoms in total. The van der Waals surface area contributed by atoms with Gasteiger partial charge in [0.1, 0.15) is 17.2 Å². The minimum atomic E-state index is -0.902. The predicted molar refractivity (Wildman–Crippen MR) is 204 cm³/mol. The highest BCUT2D eigenvalue weighted by Gasteiger charge is 2.39. The van der Waals surface area contributed by atoms with Gasteiger partial charge in [-0.15, -0.1) is 0 Å². The van der Waals surface area contributed by atoms with E-state index in [4.69, 9.17) is 38.9 Å². The molecule has 1 aliphatic rings. The molecule has 1 aliphatic heterocycles. The van der Waals surface area contributed by atoms with Crippen LogP contribution < -0.4 is 14.2 Å². The van der Waals surface area contributed by atoms with Gasteiger partial charge in [-0.1, -0.05) is 78.9 Å². The van der Waals surface area contributed by atoms with E-state index in [0.29, 0.717) is 37.6 Å². The summed E-state index contributed by atoms with van der Waals surface area (Å²) in [6.07, 6.45) is -0.642. The summed E-state index contributed by atoms with van der Waals surface area (Å²) in [5, 5.41) is 31.2. The zero-order valence-electron chi connectivity index (χ0n) is 31.1. The smallest absolute Gasteiger partial charge is 0.227 e. The molecule has 0 bridgehead atoms. The van der Waals surface area contributed by atoms with Crippen LogP contribution in [-0.4, -0.2) is 84.4 Å². The number of piperidine rings is 1. The summed E-state index contributed by atoms with van der Waals surface area (Å²) in [4.78, 5) is 20.1. The van der Waals surface area contributed by atoms with Gasteiger partial charge in [-0.3, -0.25) is 15.2 Å². The summed E-state index contributed by atoms with van der Waals surface area (Å²) in [6.45, 7) is 2.03. The number of hydrogen-bond donors (Lipinski definition) is 3. The lowest BCUT2D eigenvalue weighted by Crippen LogP contribution is -2.54. The van der Waals surface area contributed by atoms with Crippen LogP contribution in [0.5, 0.6) is 17.2 Å². The monoisotopic (exact) mass is 752 g/mol. The first-order valence-corrected chi connectivity index (χ1v) is 18.3. The quantitative estimate of drug-likeness (QED) is 0.0671. The third-order valence-corrected chi connectivity index (χ3v) is 9.65. The number of hydrogen-bond acceptors (Lipinski definition) is 11. The van der Waals surface area contributed by atoms with E-state index >= 15 is 0 Å². The van der Waals surface area contributed by atoms with Gasteiger partial charge >= 0.3 is 0 Å². The number of ether oxygens (including phenoxy) is 5. The van der Waals surface area contributed by atoms with Crippen molar-refractivity contribution >= 4 is 16.7 Å². The number of carbonyl (C=O) groups excluding carboxylic acids is 1. The summed E-state index contributed by atoms with van der Waals surface area (Å²) in [7, 11) is 3.29. The van der Waals surface area contributed by atoms with Crippen LogP contribution in [-0.2, 0) is 45.3 Å². The highest BCUT2D eigenvalue weighted by Crippen LogP contribution is 2.34. The fourth-order valence-electron chi connectivity index (χ4n) is 6.97. The highest BCUT2D eigenvalue weighted by atomic mass is 17.1. The Hall–Kier alpha value is -5.05. The fourth-order valence-corrected chi connectivity index (χ4v) is 6.97. The largest absolute Gasteiger partial charge is 0.496 e. The first-order chi connectivity index (χ1) is 26.8. The standard InChI is InChI=1S/C43H48N2O10/c1-50-39-14-6-4-12-35(39)29-52-19-8-20-53-36-17-15-33(16-18-36)43-38(46)25-44(42(47)24-30-9-7-10-31(21-30)28-55-45(48)49)26-41(43)54-27-32-22-34-11-3-5-13-37(34)40(23-32)51-2/h3-7,9-18,21-23,38,41,43,46,48-49H,8,19-20,24-29H2,1-2H3. The number of nitrogens with zero attached hydrogens (tertiary/aromatic N) is 2. The number of carbonyl (C=O) groups is 1. The molecule has 1 heterocycles. The van der Waals surface area contributed by atoms with Gasteiger partial charge < -0.3 is 33.7 Å². The molecule has 0 aromatic heterocycles. The number of likely N-dealkylation sites (tertiary alicyclic amines) is 1. The Morgan fingerprint density at radius 2 is 1.53 bits per heavy atom. The zero-order chi connectivity index (χ0) is 38.6. The van der Waals surface area contributed by atoms with Gasteiger partial charge in [-0.25, -0.2) is 4.84 Å². The molecule has 5 aromatic carbocycles. The maximum Gasteiger partial charge on any atom is 0.227 e. The molecule has 0 saturated carbocycles. The molecule has 12 heteroatoms. The number of benzene rings is 5. The Morgan fingerprint density at radius 3 is 2.33 bits per heavy atom. The van der Waals surface area contributed by atoms with Crippen LogP contribution in [0.25, 0.3) is 10.8 Å².